The third-order valence-electron chi connectivity index (χ3n) is 3.61. The molecule has 0 spiro atoms. The van der Waals surface area contributed by atoms with Crippen LogP contribution in [0.25, 0.3) is 0 Å². The Labute approximate surface area is 131 Å². The standard InChI is InChI=1S/C18H20ClNO/c1-13(15-6-4-3-5-7-15)12-18(21)20-14(2)16-8-10-17(19)11-9-16/h3-11,13-14H,12H2,1-2H3,(H,20,21). The van der Waals surface area contributed by atoms with Gasteiger partial charge in [-0.15, -0.1) is 0 Å². The lowest BCUT2D eigenvalue weighted by Crippen LogP contribution is -2.27. The quantitative estimate of drug-likeness (QED) is 0.851. The fraction of sp³-hybridized carbons (Fsp3) is 0.278. The van der Waals surface area contributed by atoms with E-state index in [9.17, 15) is 4.79 Å². The van der Waals surface area contributed by atoms with Gasteiger partial charge in [0.25, 0.3) is 0 Å². The van der Waals surface area contributed by atoms with Gasteiger partial charge in [0.1, 0.15) is 0 Å². The summed E-state index contributed by atoms with van der Waals surface area (Å²) < 4.78 is 0. The molecule has 1 N–H and O–H groups in total. The zero-order valence-corrected chi connectivity index (χ0v) is 13.1. The van der Waals surface area contributed by atoms with E-state index in [0.29, 0.717) is 11.4 Å². The predicted molar refractivity (Wildman–Crippen MR) is 87.5 cm³/mol. The molecule has 1 amide bonds. The van der Waals surface area contributed by atoms with Crippen molar-refractivity contribution in [2.75, 3.05) is 0 Å². The van der Waals surface area contributed by atoms with E-state index in [4.69, 9.17) is 11.6 Å². The Kier molecular flexibility index (Phi) is 5.40. The second kappa shape index (κ2) is 7.28. The van der Waals surface area contributed by atoms with Crippen LogP contribution < -0.4 is 5.32 Å². The summed E-state index contributed by atoms with van der Waals surface area (Å²) >= 11 is 5.87. The van der Waals surface area contributed by atoms with Gasteiger partial charge in [0, 0.05) is 11.4 Å². The fourth-order valence-corrected chi connectivity index (χ4v) is 2.44. The molecule has 2 nitrogen and oxygen atoms in total. The Morgan fingerprint density at radius 1 is 1.00 bits per heavy atom. The van der Waals surface area contributed by atoms with Gasteiger partial charge in [0.05, 0.1) is 6.04 Å². The summed E-state index contributed by atoms with van der Waals surface area (Å²) in [5, 5.41) is 3.74. The molecule has 0 fully saturated rings. The second-order valence-corrected chi connectivity index (χ2v) is 5.79. The molecule has 2 atom stereocenters. The van der Waals surface area contributed by atoms with Gasteiger partial charge in [-0.3, -0.25) is 4.79 Å². The molecule has 3 heteroatoms. The van der Waals surface area contributed by atoms with Crippen molar-refractivity contribution in [3.8, 4) is 0 Å². The SMILES string of the molecule is CC(CC(=O)NC(C)c1ccc(Cl)cc1)c1ccccc1. The topological polar surface area (TPSA) is 29.1 Å². The van der Waals surface area contributed by atoms with Crippen molar-refractivity contribution in [2.24, 2.45) is 0 Å². The first-order valence-electron chi connectivity index (χ1n) is 7.16. The Bertz CT molecular complexity index is 580. The van der Waals surface area contributed by atoms with Crippen LogP contribution in [0.2, 0.25) is 5.02 Å². The van der Waals surface area contributed by atoms with Crippen LogP contribution in [0.4, 0.5) is 0 Å². The van der Waals surface area contributed by atoms with Crippen molar-refractivity contribution in [3.63, 3.8) is 0 Å². The molecule has 0 aliphatic rings. The van der Waals surface area contributed by atoms with Crippen molar-refractivity contribution in [2.45, 2.75) is 32.2 Å². The minimum absolute atomic E-state index is 0.0160. The van der Waals surface area contributed by atoms with Gasteiger partial charge in [0.15, 0.2) is 0 Å². The third-order valence-corrected chi connectivity index (χ3v) is 3.86. The Hall–Kier alpha value is -1.80. The zero-order chi connectivity index (χ0) is 15.2. The van der Waals surface area contributed by atoms with Gasteiger partial charge in [-0.05, 0) is 36.1 Å². The molecule has 0 saturated heterocycles. The highest BCUT2D eigenvalue weighted by Crippen LogP contribution is 2.20. The second-order valence-electron chi connectivity index (χ2n) is 5.36. The van der Waals surface area contributed by atoms with Crippen LogP contribution in [-0.2, 0) is 4.79 Å². The van der Waals surface area contributed by atoms with Gasteiger partial charge < -0.3 is 5.32 Å². The minimum Gasteiger partial charge on any atom is -0.350 e. The molecule has 2 unspecified atom stereocenters. The van der Waals surface area contributed by atoms with Crippen molar-refractivity contribution < 1.29 is 4.79 Å². The lowest BCUT2D eigenvalue weighted by atomic mass is 9.97. The molecule has 0 aliphatic carbocycles. The first kappa shape index (κ1) is 15.6. The maximum Gasteiger partial charge on any atom is 0.221 e. The Morgan fingerprint density at radius 2 is 1.62 bits per heavy atom. The maximum absolute atomic E-state index is 12.1. The van der Waals surface area contributed by atoms with Crippen molar-refractivity contribution in [3.05, 3.63) is 70.7 Å². The average Bonchev–Trinajstić information content (AvgIpc) is 2.48. The first-order valence-corrected chi connectivity index (χ1v) is 7.54. The van der Waals surface area contributed by atoms with Crippen LogP contribution in [0, 0.1) is 0 Å². The van der Waals surface area contributed by atoms with Gasteiger partial charge in [-0.25, -0.2) is 0 Å². The highest BCUT2D eigenvalue weighted by atomic mass is 35.5. The van der Waals surface area contributed by atoms with Crippen molar-refractivity contribution >= 4 is 17.5 Å². The van der Waals surface area contributed by atoms with Crippen LogP contribution >= 0.6 is 11.6 Å². The number of benzene rings is 2. The van der Waals surface area contributed by atoms with Crippen LogP contribution in [-0.4, -0.2) is 5.91 Å². The van der Waals surface area contributed by atoms with E-state index in [1.807, 2.05) is 49.4 Å². The lowest BCUT2D eigenvalue weighted by Gasteiger charge is -2.17. The molecule has 0 aliphatic heterocycles. The summed E-state index contributed by atoms with van der Waals surface area (Å²) in [4.78, 5) is 12.1. The van der Waals surface area contributed by atoms with E-state index in [1.54, 1.807) is 0 Å². The molecular formula is C18H20ClNO. The third kappa shape index (κ3) is 4.61. The number of rotatable bonds is 5. The van der Waals surface area contributed by atoms with Gasteiger partial charge in [-0.1, -0.05) is 61.0 Å². The summed E-state index contributed by atoms with van der Waals surface area (Å²) in [6.45, 7) is 4.05. The number of hydrogen-bond acceptors (Lipinski definition) is 1. The normalized spacial score (nSPS) is 13.5. The van der Waals surface area contributed by atoms with E-state index in [-0.39, 0.29) is 17.9 Å². The van der Waals surface area contributed by atoms with Crippen LogP contribution in [0.15, 0.2) is 54.6 Å². The van der Waals surface area contributed by atoms with E-state index in [2.05, 4.69) is 24.4 Å². The molecular weight excluding hydrogens is 282 g/mol. The molecule has 0 heterocycles. The Morgan fingerprint density at radius 3 is 2.24 bits per heavy atom. The van der Waals surface area contributed by atoms with Crippen molar-refractivity contribution in [1.29, 1.82) is 0 Å². The smallest absolute Gasteiger partial charge is 0.221 e. The van der Waals surface area contributed by atoms with Crippen LogP contribution in [0.1, 0.15) is 43.4 Å². The molecule has 0 aromatic heterocycles. The van der Waals surface area contributed by atoms with E-state index in [1.165, 1.54) is 5.56 Å². The van der Waals surface area contributed by atoms with Gasteiger partial charge >= 0.3 is 0 Å². The summed E-state index contributed by atoms with van der Waals surface area (Å²) in [6, 6.07) is 17.6. The molecule has 0 saturated carbocycles. The molecule has 21 heavy (non-hydrogen) atoms. The summed E-state index contributed by atoms with van der Waals surface area (Å²) in [5.41, 5.74) is 2.24. The highest BCUT2D eigenvalue weighted by Gasteiger charge is 2.14. The van der Waals surface area contributed by atoms with E-state index >= 15 is 0 Å². The summed E-state index contributed by atoms with van der Waals surface area (Å²) in [7, 11) is 0. The van der Waals surface area contributed by atoms with Crippen LogP contribution in [0.5, 0.6) is 0 Å². The number of hydrogen-bond donors (Lipinski definition) is 1. The van der Waals surface area contributed by atoms with E-state index in [0.717, 1.165) is 5.56 Å². The predicted octanol–water partition coefficient (Wildman–Crippen LogP) is 4.71. The number of carbonyl (C=O) groups is 1. The molecule has 2 rings (SSSR count). The maximum atomic E-state index is 12.1. The van der Waals surface area contributed by atoms with Crippen molar-refractivity contribution in [1.82, 2.24) is 5.32 Å². The Balaban J connectivity index is 1.91. The minimum atomic E-state index is -0.0160. The van der Waals surface area contributed by atoms with Gasteiger partial charge in [0.2, 0.25) is 5.91 Å². The van der Waals surface area contributed by atoms with Crippen LogP contribution in [0.3, 0.4) is 0 Å². The number of nitrogens with one attached hydrogen (secondary N) is 1. The van der Waals surface area contributed by atoms with E-state index < -0.39 is 0 Å². The molecule has 0 radical (unpaired) electrons. The molecule has 2 aromatic carbocycles. The fourth-order valence-electron chi connectivity index (χ4n) is 2.31. The molecule has 2 aromatic rings. The summed E-state index contributed by atoms with van der Waals surface area (Å²) in [5.74, 6) is 0.275. The zero-order valence-electron chi connectivity index (χ0n) is 12.3. The number of amides is 1. The monoisotopic (exact) mass is 301 g/mol. The highest BCUT2D eigenvalue weighted by molar-refractivity contribution is 6.30. The largest absolute Gasteiger partial charge is 0.350 e. The summed E-state index contributed by atoms with van der Waals surface area (Å²) in [6.07, 6.45) is 0.488. The number of carbonyl (C=O) groups excluding carboxylic acids is 1. The average molecular weight is 302 g/mol. The lowest BCUT2D eigenvalue weighted by molar-refractivity contribution is -0.122. The molecule has 110 valence electrons. The van der Waals surface area contributed by atoms with Gasteiger partial charge in [-0.2, -0.15) is 0 Å². The molecule has 0 bridgehead atoms. The first-order chi connectivity index (χ1) is 10.1. The number of halogens is 1.